The minimum Gasteiger partial charge on any atom is -0.409 e. The van der Waals surface area contributed by atoms with E-state index in [9.17, 15) is 5.11 Å². The number of hydrogen-bond acceptors (Lipinski definition) is 5. The van der Waals surface area contributed by atoms with Gasteiger partial charge in [0, 0.05) is 13.1 Å². The summed E-state index contributed by atoms with van der Waals surface area (Å²) >= 11 is 0. The summed E-state index contributed by atoms with van der Waals surface area (Å²) < 4.78 is 0. The number of hydrogen-bond donors (Lipinski definition) is 3. The number of oxime groups is 1. The van der Waals surface area contributed by atoms with Crippen molar-refractivity contribution in [3.63, 3.8) is 0 Å². The normalized spacial score (nSPS) is 18.4. The largest absolute Gasteiger partial charge is 0.409 e. The van der Waals surface area contributed by atoms with Gasteiger partial charge < -0.3 is 20.9 Å². The monoisotopic (exact) mass is 236 g/mol. The van der Waals surface area contributed by atoms with E-state index in [0.717, 1.165) is 31.6 Å². The number of nitrogens with two attached hydrogens (primary N) is 1. The van der Waals surface area contributed by atoms with Gasteiger partial charge in [-0.3, -0.25) is 4.98 Å². The third-order valence-electron chi connectivity index (χ3n) is 2.95. The van der Waals surface area contributed by atoms with E-state index in [4.69, 9.17) is 10.9 Å². The van der Waals surface area contributed by atoms with Gasteiger partial charge in [-0.1, -0.05) is 5.16 Å². The van der Waals surface area contributed by atoms with Crippen LogP contribution < -0.4 is 10.6 Å². The summed E-state index contributed by atoms with van der Waals surface area (Å²) in [5, 5.41) is 20.8. The van der Waals surface area contributed by atoms with Gasteiger partial charge in [0.05, 0.1) is 18.0 Å². The van der Waals surface area contributed by atoms with Crippen molar-refractivity contribution in [2.75, 3.05) is 18.0 Å². The number of aliphatic hydroxyl groups excluding tert-OH is 1. The van der Waals surface area contributed by atoms with Crippen molar-refractivity contribution in [3.8, 4) is 0 Å². The van der Waals surface area contributed by atoms with Gasteiger partial charge in [0.25, 0.3) is 0 Å². The lowest BCUT2D eigenvalue weighted by atomic mass is 10.1. The molecule has 0 aromatic carbocycles. The molecule has 1 aliphatic rings. The zero-order valence-corrected chi connectivity index (χ0v) is 9.45. The first-order chi connectivity index (χ1) is 8.20. The van der Waals surface area contributed by atoms with Gasteiger partial charge in [0.1, 0.15) is 5.69 Å². The summed E-state index contributed by atoms with van der Waals surface area (Å²) in [5.74, 6) is 0.00520. The van der Waals surface area contributed by atoms with Crippen molar-refractivity contribution in [1.82, 2.24) is 4.98 Å². The van der Waals surface area contributed by atoms with Crippen LogP contribution >= 0.6 is 0 Å². The van der Waals surface area contributed by atoms with Crippen molar-refractivity contribution in [1.29, 1.82) is 0 Å². The van der Waals surface area contributed by atoms with Crippen molar-refractivity contribution in [2.24, 2.45) is 10.9 Å². The van der Waals surface area contributed by atoms with Crippen molar-refractivity contribution >= 4 is 11.5 Å². The molecule has 4 N–H and O–H groups in total. The number of aliphatic hydroxyl groups is 1. The average Bonchev–Trinajstić information content (AvgIpc) is 2.39. The topological polar surface area (TPSA) is 95.0 Å². The number of anilines is 1. The maximum atomic E-state index is 9.42. The molecule has 0 aliphatic carbocycles. The van der Waals surface area contributed by atoms with Crippen molar-refractivity contribution in [3.05, 3.63) is 24.0 Å². The molecule has 0 amide bonds. The van der Waals surface area contributed by atoms with E-state index in [2.05, 4.69) is 15.0 Å². The minimum atomic E-state index is -0.185. The van der Waals surface area contributed by atoms with Crippen LogP contribution in [0.2, 0.25) is 0 Å². The molecule has 1 saturated heterocycles. The van der Waals surface area contributed by atoms with Crippen LogP contribution in [0.15, 0.2) is 23.5 Å². The van der Waals surface area contributed by atoms with Gasteiger partial charge >= 0.3 is 0 Å². The maximum Gasteiger partial charge on any atom is 0.188 e. The second kappa shape index (κ2) is 5.01. The first-order valence-corrected chi connectivity index (χ1v) is 5.57. The summed E-state index contributed by atoms with van der Waals surface area (Å²) in [6.07, 6.45) is 3.07. The Balaban J connectivity index is 2.08. The van der Waals surface area contributed by atoms with Crippen LogP contribution in [-0.2, 0) is 0 Å². The Morgan fingerprint density at radius 2 is 2.12 bits per heavy atom. The molecule has 17 heavy (non-hydrogen) atoms. The number of piperidine rings is 1. The molecule has 6 heteroatoms. The number of rotatable bonds is 2. The van der Waals surface area contributed by atoms with Crippen LogP contribution in [0.5, 0.6) is 0 Å². The Bertz CT molecular complexity index is 396. The first-order valence-electron chi connectivity index (χ1n) is 5.57. The quantitative estimate of drug-likeness (QED) is 0.294. The Kier molecular flexibility index (Phi) is 3.43. The van der Waals surface area contributed by atoms with Gasteiger partial charge in [-0.2, -0.15) is 0 Å². The highest BCUT2D eigenvalue weighted by Gasteiger charge is 2.17. The molecule has 0 unspecified atom stereocenters. The summed E-state index contributed by atoms with van der Waals surface area (Å²) in [5.41, 5.74) is 6.88. The zero-order chi connectivity index (χ0) is 12.3. The van der Waals surface area contributed by atoms with E-state index in [-0.39, 0.29) is 11.9 Å². The molecule has 2 rings (SSSR count). The zero-order valence-electron chi connectivity index (χ0n) is 9.45. The number of pyridine rings is 1. The van der Waals surface area contributed by atoms with Gasteiger partial charge in [-0.15, -0.1) is 0 Å². The average molecular weight is 236 g/mol. The highest BCUT2D eigenvalue weighted by atomic mass is 16.4. The van der Waals surface area contributed by atoms with E-state index in [1.807, 2.05) is 6.07 Å². The second-order valence-electron chi connectivity index (χ2n) is 4.11. The number of aromatic nitrogens is 1. The fraction of sp³-hybridized carbons (Fsp3) is 0.455. The molecule has 0 saturated carbocycles. The molecule has 0 radical (unpaired) electrons. The van der Waals surface area contributed by atoms with Gasteiger partial charge in [0.2, 0.25) is 0 Å². The van der Waals surface area contributed by atoms with Crippen molar-refractivity contribution in [2.45, 2.75) is 18.9 Å². The fourth-order valence-corrected chi connectivity index (χ4v) is 1.90. The Labute approximate surface area is 99.4 Å². The molecule has 2 heterocycles. The molecular weight excluding hydrogens is 220 g/mol. The summed E-state index contributed by atoms with van der Waals surface area (Å²) in [6, 6.07) is 3.60. The first kappa shape index (κ1) is 11.7. The van der Waals surface area contributed by atoms with Crippen LogP contribution in [0.3, 0.4) is 0 Å². The van der Waals surface area contributed by atoms with Crippen LogP contribution in [0.4, 0.5) is 5.69 Å². The summed E-state index contributed by atoms with van der Waals surface area (Å²) in [6.45, 7) is 1.65. The highest BCUT2D eigenvalue weighted by molar-refractivity contribution is 5.95. The van der Waals surface area contributed by atoms with E-state index in [1.165, 1.54) is 0 Å². The second-order valence-corrected chi connectivity index (χ2v) is 4.11. The van der Waals surface area contributed by atoms with Gasteiger partial charge in [-0.05, 0) is 25.0 Å². The Morgan fingerprint density at radius 1 is 1.41 bits per heavy atom. The smallest absolute Gasteiger partial charge is 0.188 e. The predicted molar refractivity (Wildman–Crippen MR) is 64.2 cm³/mol. The fourth-order valence-electron chi connectivity index (χ4n) is 1.90. The SMILES string of the molecule is N/C(=N/O)c1ccc(N2CCC(O)CC2)cn1. The standard InChI is InChI=1S/C11H16N4O2/c12-11(14-17)10-2-1-8(7-13-10)15-5-3-9(16)4-6-15/h1-2,7,9,16-17H,3-6H2,(H2,12,14). The molecular formula is C11H16N4O2. The predicted octanol–water partition coefficient (Wildman–Crippen LogP) is 0.137. The van der Waals surface area contributed by atoms with Crippen LogP contribution in [0.1, 0.15) is 18.5 Å². The summed E-state index contributed by atoms with van der Waals surface area (Å²) in [7, 11) is 0. The highest BCUT2D eigenvalue weighted by Crippen LogP contribution is 2.19. The molecule has 1 fully saturated rings. The third kappa shape index (κ3) is 2.65. The van der Waals surface area contributed by atoms with E-state index >= 15 is 0 Å². The molecule has 1 aromatic rings. The Hall–Kier alpha value is -1.82. The molecule has 92 valence electrons. The lowest BCUT2D eigenvalue weighted by molar-refractivity contribution is 0.145. The lowest BCUT2D eigenvalue weighted by Gasteiger charge is -2.31. The number of amidine groups is 1. The number of nitrogens with zero attached hydrogens (tertiary/aromatic N) is 3. The molecule has 0 atom stereocenters. The molecule has 0 bridgehead atoms. The lowest BCUT2D eigenvalue weighted by Crippen LogP contribution is -2.35. The third-order valence-corrected chi connectivity index (χ3v) is 2.95. The maximum absolute atomic E-state index is 9.42. The van der Waals surface area contributed by atoms with E-state index in [1.54, 1.807) is 12.3 Å². The molecule has 6 nitrogen and oxygen atoms in total. The van der Waals surface area contributed by atoms with Crippen molar-refractivity contribution < 1.29 is 10.3 Å². The van der Waals surface area contributed by atoms with E-state index < -0.39 is 0 Å². The van der Waals surface area contributed by atoms with Gasteiger partial charge in [-0.25, -0.2) is 0 Å². The summed E-state index contributed by atoms with van der Waals surface area (Å²) in [4.78, 5) is 6.29. The molecule has 1 aromatic heterocycles. The van der Waals surface area contributed by atoms with Crippen LogP contribution in [-0.4, -0.2) is 40.3 Å². The Morgan fingerprint density at radius 3 is 2.65 bits per heavy atom. The van der Waals surface area contributed by atoms with E-state index in [0.29, 0.717) is 5.69 Å². The van der Waals surface area contributed by atoms with Crippen LogP contribution in [0.25, 0.3) is 0 Å². The molecule has 0 spiro atoms. The van der Waals surface area contributed by atoms with Gasteiger partial charge in [0.15, 0.2) is 5.84 Å². The van der Waals surface area contributed by atoms with Crippen LogP contribution in [0, 0.1) is 0 Å². The minimum absolute atomic E-state index is 0.00520. The molecule has 1 aliphatic heterocycles.